The predicted octanol–water partition coefficient (Wildman–Crippen LogP) is 0.278. The van der Waals surface area contributed by atoms with Gasteiger partial charge in [-0.25, -0.2) is 9.59 Å². The fraction of sp³-hybridized carbons (Fsp3) is 0.762. The van der Waals surface area contributed by atoms with Gasteiger partial charge in [0.2, 0.25) is 11.8 Å². The molecule has 0 saturated carbocycles. The Morgan fingerprint density at radius 1 is 1.06 bits per heavy atom. The monoisotopic (exact) mass is 486 g/mol. The highest BCUT2D eigenvalue weighted by atomic mass is 16.7. The van der Waals surface area contributed by atoms with E-state index in [1.165, 1.54) is 6.92 Å². The number of carbonyl (C=O) groups is 4. The largest absolute Gasteiger partial charge is 0.508 e. The van der Waals surface area contributed by atoms with Crippen LogP contribution in [0.5, 0.6) is 0 Å². The Morgan fingerprint density at radius 3 is 2.32 bits per heavy atom. The Labute approximate surface area is 199 Å². The maximum atomic E-state index is 12.8. The van der Waals surface area contributed by atoms with Gasteiger partial charge in [0.15, 0.2) is 5.96 Å². The molecule has 0 radical (unpaired) electrons. The van der Waals surface area contributed by atoms with Crippen LogP contribution in [0.2, 0.25) is 0 Å². The van der Waals surface area contributed by atoms with E-state index in [1.54, 1.807) is 11.8 Å². The molecule has 1 heterocycles. The molecule has 3 amide bonds. The van der Waals surface area contributed by atoms with Gasteiger partial charge in [-0.1, -0.05) is 13.8 Å². The number of rotatable bonds is 10. The molecule has 0 aromatic heterocycles. The van der Waals surface area contributed by atoms with E-state index in [-0.39, 0.29) is 37.2 Å². The average Bonchev–Trinajstić information content (AvgIpc) is 2.76. The maximum absolute atomic E-state index is 12.8. The number of carbonyl (C=O) groups excluding carboxylic acids is 4. The van der Waals surface area contributed by atoms with E-state index >= 15 is 0 Å². The molecule has 6 N–H and O–H groups in total. The molecule has 1 unspecified atom stereocenters. The lowest BCUT2D eigenvalue weighted by Crippen LogP contribution is -2.60. The molecule has 0 aromatic rings. The minimum absolute atomic E-state index is 0.0623. The summed E-state index contributed by atoms with van der Waals surface area (Å²) in [5.74, 6) is -1.16. The van der Waals surface area contributed by atoms with Crippen molar-refractivity contribution in [2.75, 3.05) is 26.4 Å². The zero-order chi connectivity index (χ0) is 25.8. The molecule has 1 aliphatic rings. The number of guanidine groups is 1. The van der Waals surface area contributed by atoms with Crippen LogP contribution in [0.4, 0.5) is 9.59 Å². The van der Waals surface area contributed by atoms with E-state index in [1.807, 2.05) is 20.8 Å². The molecule has 1 fully saturated rings. The summed E-state index contributed by atoms with van der Waals surface area (Å²) in [6.07, 6.45) is -0.398. The summed E-state index contributed by atoms with van der Waals surface area (Å²) >= 11 is 0. The second kappa shape index (κ2) is 14.1. The van der Waals surface area contributed by atoms with Gasteiger partial charge in [-0.2, -0.15) is 0 Å². The first-order valence-corrected chi connectivity index (χ1v) is 11.4. The lowest BCUT2D eigenvalue weighted by atomic mass is 9.97. The first-order valence-electron chi connectivity index (χ1n) is 11.4. The SMILES string of the molecule is CCOC(=O)OC[C@@H](NC(=O)OCC(C)C)C(=O)N[C@@H](C)C(=O)N[C@H]1CCCN(C(=N)N)C1C. The van der Waals surface area contributed by atoms with E-state index in [4.69, 9.17) is 20.6 Å². The second-order valence-corrected chi connectivity index (χ2v) is 8.49. The van der Waals surface area contributed by atoms with Gasteiger partial charge in [0.1, 0.15) is 18.7 Å². The Balaban J connectivity index is 2.73. The van der Waals surface area contributed by atoms with Crippen LogP contribution in [0.15, 0.2) is 0 Å². The number of alkyl carbamates (subject to hydrolysis) is 1. The second-order valence-electron chi connectivity index (χ2n) is 8.49. The molecule has 0 bridgehead atoms. The van der Waals surface area contributed by atoms with Crippen molar-refractivity contribution >= 4 is 30.0 Å². The lowest BCUT2D eigenvalue weighted by Gasteiger charge is -2.40. The third kappa shape index (κ3) is 9.71. The summed E-state index contributed by atoms with van der Waals surface area (Å²) in [7, 11) is 0. The molecule has 0 aliphatic carbocycles. The highest BCUT2D eigenvalue weighted by molar-refractivity contribution is 5.91. The fourth-order valence-electron chi connectivity index (χ4n) is 3.28. The van der Waals surface area contributed by atoms with Crippen molar-refractivity contribution in [3.05, 3.63) is 0 Å². The van der Waals surface area contributed by atoms with Gasteiger partial charge < -0.3 is 40.8 Å². The molecule has 0 spiro atoms. The zero-order valence-electron chi connectivity index (χ0n) is 20.5. The number of nitrogens with two attached hydrogens (primary N) is 1. The summed E-state index contributed by atoms with van der Waals surface area (Å²) in [6, 6.07) is -2.69. The lowest BCUT2D eigenvalue weighted by molar-refractivity contribution is -0.130. The summed E-state index contributed by atoms with van der Waals surface area (Å²) in [5, 5.41) is 15.4. The molecule has 13 nitrogen and oxygen atoms in total. The summed E-state index contributed by atoms with van der Waals surface area (Å²) in [6.45, 7) is 8.99. The molecular formula is C21H38N6O7. The summed E-state index contributed by atoms with van der Waals surface area (Å²) in [5.41, 5.74) is 5.61. The van der Waals surface area contributed by atoms with Crippen LogP contribution in [0.25, 0.3) is 0 Å². The molecular weight excluding hydrogens is 448 g/mol. The maximum Gasteiger partial charge on any atom is 0.508 e. The van der Waals surface area contributed by atoms with Crippen molar-refractivity contribution in [1.82, 2.24) is 20.9 Å². The van der Waals surface area contributed by atoms with E-state index < -0.39 is 42.8 Å². The van der Waals surface area contributed by atoms with Crippen molar-refractivity contribution in [3.63, 3.8) is 0 Å². The summed E-state index contributed by atoms with van der Waals surface area (Å²) in [4.78, 5) is 50.7. The van der Waals surface area contributed by atoms with Crippen LogP contribution in [0.3, 0.4) is 0 Å². The standard InChI is InChI=1S/C21H38N6O7/c1-6-32-21(31)34-11-16(26-20(30)33-10-12(2)3)18(29)24-13(4)17(28)25-15-8-7-9-27(14(15)5)19(22)23/h12-16H,6-11H2,1-5H3,(H3,22,23)(H,24,29)(H,25,28)(H,26,30)/t13-,14?,15-,16+/m0/s1. The number of hydrogen-bond acceptors (Lipinski definition) is 8. The first kappa shape index (κ1) is 28.8. The van der Waals surface area contributed by atoms with Crippen LogP contribution >= 0.6 is 0 Å². The van der Waals surface area contributed by atoms with Crippen molar-refractivity contribution < 1.29 is 33.4 Å². The zero-order valence-corrected chi connectivity index (χ0v) is 20.5. The number of hydrogen-bond donors (Lipinski definition) is 5. The molecule has 0 aromatic carbocycles. The van der Waals surface area contributed by atoms with Gasteiger partial charge in [0.25, 0.3) is 0 Å². The molecule has 4 atom stereocenters. The Bertz CT molecular complexity index is 732. The quantitative estimate of drug-likeness (QED) is 0.164. The van der Waals surface area contributed by atoms with Gasteiger partial charge in [-0.15, -0.1) is 0 Å². The van der Waals surface area contributed by atoms with Crippen molar-refractivity contribution in [2.24, 2.45) is 11.7 Å². The highest BCUT2D eigenvalue weighted by Gasteiger charge is 2.32. The number of nitrogens with one attached hydrogen (secondary N) is 4. The van der Waals surface area contributed by atoms with Crippen molar-refractivity contribution in [3.8, 4) is 0 Å². The minimum Gasteiger partial charge on any atom is -0.449 e. The third-order valence-electron chi connectivity index (χ3n) is 5.16. The normalized spacial score (nSPS) is 19.4. The van der Waals surface area contributed by atoms with Crippen LogP contribution in [-0.4, -0.2) is 85.5 Å². The fourth-order valence-corrected chi connectivity index (χ4v) is 3.28. The van der Waals surface area contributed by atoms with Crippen molar-refractivity contribution in [1.29, 1.82) is 5.41 Å². The van der Waals surface area contributed by atoms with E-state index in [0.29, 0.717) is 13.0 Å². The van der Waals surface area contributed by atoms with Crippen LogP contribution < -0.4 is 21.7 Å². The van der Waals surface area contributed by atoms with Gasteiger partial charge in [-0.3, -0.25) is 15.0 Å². The van der Waals surface area contributed by atoms with Crippen molar-refractivity contribution in [2.45, 2.75) is 71.6 Å². The molecule has 1 saturated heterocycles. The van der Waals surface area contributed by atoms with E-state index in [0.717, 1.165) is 6.42 Å². The average molecular weight is 487 g/mol. The van der Waals surface area contributed by atoms with E-state index in [2.05, 4.69) is 20.7 Å². The Kier molecular flexibility index (Phi) is 11.9. The first-order chi connectivity index (χ1) is 16.0. The van der Waals surface area contributed by atoms with Gasteiger partial charge in [0.05, 0.1) is 13.2 Å². The minimum atomic E-state index is -1.30. The summed E-state index contributed by atoms with van der Waals surface area (Å²) < 4.78 is 14.6. The third-order valence-corrected chi connectivity index (χ3v) is 5.16. The Hall–Kier alpha value is -3.25. The Morgan fingerprint density at radius 2 is 1.74 bits per heavy atom. The number of nitrogens with zero attached hydrogens (tertiary/aromatic N) is 1. The molecule has 34 heavy (non-hydrogen) atoms. The van der Waals surface area contributed by atoms with Crippen LogP contribution in [-0.2, 0) is 23.8 Å². The number of amides is 3. The highest BCUT2D eigenvalue weighted by Crippen LogP contribution is 2.17. The predicted molar refractivity (Wildman–Crippen MR) is 123 cm³/mol. The molecule has 13 heteroatoms. The van der Waals surface area contributed by atoms with Gasteiger partial charge in [0, 0.05) is 18.6 Å². The molecule has 1 aliphatic heterocycles. The van der Waals surface area contributed by atoms with E-state index in [9.17, 15) is 19.2 Å². The topological polar surface area (TPSA) is 185 Å². The number of likely N-dealkylation sites (tertiary alicyclic amines) is 1. The smallest absolute Gasteiger partial charge is 0.449 e. The molecule has 194 valence electrons. The number of ether oxygens (including phenoxy) is 3. The number of piperidine rings is 1. The molecule has 1 rings (SSSR count). The van der Waals surface area contributed by atoms with Gasteiger partial charge >= 0.3 is 12.2 Å². The van der Waals surface area contributed by atoms with Crippen LogP contribution in [0, 0.1) is 11.3 Å². The van der Waals surface area contributed by atoms with Gasteiger partial charge in [-0.05, 0) is 39.5 Å². The van der Waals surface area contributed by atoms with Crippen LogP contribution in [0.1, 0.15) is 47.5 Å².